The molecule has 0 fully saturated rings. The number of carbonyl (C=O) groups is 1. The van der Waals surface area contributed by atoms with Crippen molar-refractivity contribution in [3.05, 3.63) is 58.1 Å². The van der Waals surface area contributed by atoms with E-state index in [4.69, 9.17) is 4.74 Å². The number of rotatable bonds is 9. The quantitative estimate of drug-likeness (QED) is 0.587. The first kappa shape index (κ1) is 22.4. The van der Waals surface area contributed by atoms with Crippen LogP contribution in [-0.4, -0.2) is 27.5 Å². The Bertz CT molecular complexity index is 932. The van der Waals surface area contributed by atoms with Gasteiger partial charge in [-0.15, -0.1) is 0 Å². The van der Waals surface area contributed by atoms with E-state index in [-0.39, 0.29) is 23.5 Å². The summed E-state index contributed by atoms with van der Waals surface area (Å²) in [5.74, 6) is 0.216. The standard InChI is InChI=1S/C20H25BrN2O4S/c1-4-10-22-28(25,26)18-8-9-19(14(2)11-18)27-13-20(24)23-15(3)16-6-5-7-17(21)12-16/h5-9,11-12,15,22H,4,10,13H2,1-3H3,(H,23,24)/t15-/m0/s1. The summed E-state index contributed by atoms with van der Waals surface area (Å²) in [6.45, 7) is 5.77. The number of nitrogens with one attached hydrogen (secondary N) is 2. The number of amides is 1. The predicted octanol–water partition coefficient (Wildman–Crippen LogP) is 3.70. The van der Waals surface area contributed by atoms with Gasteiger partial charge in [-0.05, 0) is 61.7 Å². The van der Waals surface area contributed by atoms with Gasteiger partial charge in [-0.2, -0.15) is 0 Å². The molecule has 28 heavy (non-hydrogen) atoms. The molecule has 0 heterocycles. The van der Waals surface area contributed by atoms with Gasteiger partial charge in [0.1, 0.15) is 5.75 Å². The third-order valence-corrected chi connectivity index (χ3v) is 6.04. The van der Waals surface area contributed by atoms with E-state index < -0.39 is 10.0 Å². The maximum atomic E-state index is 12.2. The largest absolute Gasteiger partial charge is 0.484 e. The fourth-order valence-electron chi connectivity index (χ4n) is 2.56. The number of carbonyl (C=O) groups excluding carboxylic acids is 1. The summed E-state index contributed by atoms with van der Waals surface area (Å²) in [6.07, 6.45) is 0.715. The Hall–Kier alpha value is -1.90. The first-order valence-electron chi connectivity index (χ1n) is 9.01. The first-order valence-corrected chi connectivity index (χ1v) is 11.3. The normalized spacial score (nSPS) is 12.4. The van der Waals surface area contributed by atoms with Gasteiger partial charge < -0.3 is 10.1 Å². The van der Waals surface area contributed by atoms with E-state index in [1.165, 1.54) is 12.1 Å². The number of hydrogen-bond donors (Lipinski definition) is 2. The molecule has 0 bridgehead atoms. The minimum Gasteiger partial charge on any atom is -0.484 e. The minimum atomic E-state index is -3.53. The second-order valence-electron chi connectivity index (χ2n) is 6.46. The summed E-state index contributed by atoms with van der Waals surface area (Å²) in [5.41, 5.74) is 1.63. The summed E-state index contributed by atoms with van der Waals surface area (Å²) in [6, 6.07) is 12.1. The van der Waals surface area contributed by atoms with Gasteiger partial charge in [0.25, 0.3) is 5.91 Å². The van der Waals surface area contributed by atoms with Crippen LogP contribution < -0.4 is 14.8 Å². The van der Waals surface area contributed by atoms with Crippen LogP contribution >= 0.6 is 15.9 Å². The third-order valence-electron chi connectivity index (χ3n) is 4.08. The molecule has 2 aromatic carbocycles. The van der Waals surface area contributed by atoms with Crippen molar-refractivity contribution in [2.45, 2.75) is 38.1 Å². The lowest BCUT2D eigenvalue weighted by Crippen LogP contribution is -2.31. The molecule has 8 heteroatoms. The summed E-state index contributed by atoms with van der Waals surface area (Å²) in [4.78, 5) is 12.4. The smallest absolute Gasteiger partial charge is 0.258 e. The molecule has 0 spiro atoms. The van der Waals surface area contributed by atoms with Crippen LogP contribution in [0.4, 0.5) is 0 Å². The minimum absolute atomic E-state index is 0.153. The highest BCUT2D eigenvalue weighted by atomic mass is 79.9. The van der Waals surface area contributed by atoms with E-state index >= 15 is 0 Å². The molecular weight excluding hydrogens is 444 g/mol. The predicted molar refractivity (Wildman–Crippen MR) is 113 cm³/mol. The van der Waals surface area contributed by atoms with Gasteiger partial charge >= 0.3 is 0 Å². The maximum Gasteiger partial charge on any atom is 0.258 e. The highest BCUT2D eigenvalue weighted by molar-refractivity contribution is 9.10. The third kappa shape index (κ3) is 6.32. The number of benzene rings is 2. The van der Waals surface area contributed by atoms with Gasteiger partial charge in [-0.1, -0.05) is 35.0 Å². The highest BCUT2D eigenvalue weighted by Gasteiger charge is 2.15. The summed E-state index contributed by atoms with van der Waals surface area (Å²) in [5, 5.41) is 2.88. The number of sulfonamides is 1. The Morgan fingerprint density at radius 3 is 2.61 bits per heavy atom. The molecule has 6 nitrogen and oxygen atoms in total. The molecule has 1 atom stereocenters. The van der Waals surface area contributed by atoms with E-state index in [1.54, 1.807) is 13.0 Å². The lowest BCUT2D eigenvalue weighted by molar-refractivity contribution is -0.123. The number of aryl methyl sites for hydroxylation is 1. The van der Waals surface area contributed by atoms with Crippen LogP contribution in [0.5, 0.6) is 5.75 Å². The van der Waals surface area contributed by atoms with Crippen molar-refractivity contribution in [1.29, 1.82) is 0 Å². The molecular formula is C20H25BrN2O4S. The fourth-order valence-corrected chi connectivity index (χ4v) is 4.19. The van der Waals surface area contributed by atoms with Crippen LogP contribution in [0.3, 0.4) is 0 Å². The van der Waals surface area contributed by atoms with Crippen molar-refractivity contribution in [3.63, 3.8) is 0 Å². The lowest BCUT2D eigenvalue weighted by Gasteiger charge is -2.16. The zero-order chi connectivity index (χ0) is 20.7. The fraction of sp³-hybridized carbons (Fsp3) is 0.350. The van der Waals surface area contributed by atoms with Gasteiger partial charge in [-0.25, -0.2) is 13.1 Å². The molecule has 0 saturated carbocycles. The van der Waals surface area contributed by atoms with Crippen LogP contribution in [-0.2, 0) is 14.8 Å². The zero-order valence-electron chi connectivity index (χ0n) is 16.2. The SMILES string of the molecule is CCCNS(=O)(=O)c1ccc(OCC(=O)N[C@@H](C)c2cccc(Br)c2)c(C)c1. The monoisotopic (exact) mass is 468 g/mol. The molecule has 0 aliphatic carbocycles. The van der Waals surface area contributed by atoms with E-state index in [0.717, 1.165) is 10.0 Å². The number of halogens is 1. The molecule has 2 N–H and O–H groups in total. The Kier molecular flexibility index (Phi) is 8.03. The van der Waals surface area contributed by atoms with Crippen LogP contribution in [0.25, 0.3) is 0 Å². The van der Waals surface area contributed by atoms with Crippen molar-refractivity contribution in [2.75, 3.05) is 13.2 Å². The number of hydrogen-bond acceptors (Lipinski definition) is 4. The van der Waals surface area contributed by atoms with Crippen molar-refractivity contribution in [1.82, 2.24) is 10.0 Å². The Morgan fingerprint density at radius 1 is 1.21 bits per heavy atom. The first-order chi connectivity index (χ1) is 13.2. The lowest BCUT2D eigenvalue weighted by atomic mass is 10.1. The maximum absolute atomic E-state index is 12.2. The van der Waals surface area contributed by atoms with Crippen LogP contribution in [0.15, 0.2) is 51.8 Å². The molecule has 0 saturated heterocycles. The van der Waals surface area contributed by atoms with Gasteiger partial charge in [-0.3, -0.25) is 4.79 Å². The van der Waals surface area contributed by atoms with Gasteiger partial charge in [0.05, 0.1) is 10.9 Å². The molecule has 0 radical (unpaired) electrons. The Balaban J connectivity index is 1.96. The highest BCUT2D eigenvalue weighted by Crippen LogP contribution is 2.22. The van der Waals surface area contributed by atoms with Crippen molar-refractivity contribution < 1.29 is 17.9 Å². The van der Waals surface area contributed by atoms with Crippen LogP contribution in [0, 0.1) is 6.92 Å². The van der Waals surface area contributed by atoms with Crippen molar-refractivity contribution >= 4 is 31.9 Å². The average molecular weight is 469 g/mol. The molecule has 1 amide bonds. The van der Waals surface area contributed by atoms with Crippen molar-refractivity contribution in [2.24, 2.45) is 0 Å². The topological polar surface area (TPSA) is 84.5 Å². The molecule has 2 aromatic rings. The summed E-state index contributed by atoms with van der Waals surface area (Å²) < 4.78 is 33.4. The molecule has 0 aromatic heterocycles. The van der Waals surface area contributed by atoms with E-state index in [9.17, 15) is 13.2 Å². The van der Waals surface area contributed by atoms with Gasteiger partial charge in [0.2, 0.25) is 10.0 Å². The molecule has 0 aliphatic rings. The molecule has 152 valence electrons. The summed E-state index contributed by atoms with van der Waals surface area (Å²) >= 11 is 3.41. The van der Waals surface area contributed by atoms with Crippen molar-refractivity contribution in [3.8, 4) is 5.75 Å². The molecule has 0 unspecified atom stereocenters. The Labute approximate surface area is 174 Å². The zero-order valence-corrected chi connectivity index (χ0v) is 18.6. The summed E-state index contributed by atoms with van der Waals surface area (Å²) in [7, 11) is -3.53. The molecule has 0 aliphatic heterocycles. The molecule has 2 rings (SSSR count). The average Bonchev–Trinajstić information content (AvgIpc) is 2.65. The van der Waals surface area contributed by atoms with Crippen LogP contribution in [0.2, 0.25) is 0 Å². The number of ether oxygens (including phenoxy) is 1. The second kappa shape index (κ2) is 10.0. The van der Waals surface area contributed by atoms with Gasteiger partial charge in [0, 0.05) is 11.0 Å². The van der Waals surface area contributed by atoms with Crippen LogP contribution in [0.1, 0.15) is 37.4 Å². The van der Waals surface area contributed by atoms with E-state index in [2.05, 4.69) is 26.0 Å². The van der Waals surface area contributed by atoms with Gasteiger partial charge in [0.15, 0.2) is 6.61 Å². The van der Waals surface area contributed by atoms with E-state index in [1.807, 2.05) is 38.1 Å². The second-order valence-corrected chi connectivity index (χ2v) is 9.14. The van der Waals surface area contributed by atoms with E-state index in [0.29, 0.717) is 24.3 Å². The Morgan fingerprint density at radius 2 is 1.96 bits per heavy atom.